The molecule has 1 saturated heterocycles. The van der Waals surface area contributed by atoms with E-state index in [-0.39, 0.29) is 11.8 Å². The molecule has 0 radical (unpaired) electrons. The molecule has 9 heteroatoms. The Hall–Kier alpha value is -3.23. The number of aryl methyl sites for hydroxylation is 1. The van der Waals surface area contributed by atoms with E-state index < -0.39 is 0 Å². The predicted octanol–water partition coefficient (Wildman–Crippen LogP) is 0.769. The number of rotatable bonds is 4. The van der Waals surface area contributed by atoms with Crippen LogP contribution in [0.15, 0.2) is 36.9 Å². The van der Waals surface area contributed by atoms with E-state index in [0.717, 1.165) is 11.5 Å². The number of hydrogen-bond donors (Lipinski definition) is 2. The Bertz CT molecular complexity index is 850. The zero-order valence-corrected chi connectivity index (χ0v) is 13.0. The molecular weight excluding hydrogens is 308 g/mol. The summed E-state index contributed by atoms with van der Waals surface area (Å²) in [5.74, 6) is 2.02. The van der Waals surface area contributed by atoms with Crippen molar-refractivity contribution in [3.8, 4) is 5.82 Å². The van der Waals surface area contributed by atoms with E-state index in [4.69, 9.17) is 0 Å². The first-order valence-corrected chi connectivity index (χ1v) is 7.59. The highest BCUT2D eigenvalue weighted by molar-refractivity contribution is 5.93. The van der Waals surface area contributed by atoms with Crippen LogP contribution in [0.3, 0.4) is 0 Å². The van der Waals surface area contributed by atoms with Crippen LogP contribution in [-0.2, 0) is 4.79 Å². The fourth-order valence-corrected chi connectivity index (χ4v) is 2.59. The van der Waals surface area contributed by atoms with Gasteiger partial charge in [-0.2, -0.15) is 10.2 Å². The monoisotopic (exact) mass is 324 g/mol. The third-order valence-electron chi connectivity index (χ3n) is 3.92. The average Bonchev–Trinajstić information content (AvgIpc) is 3.18. The van der Waals surface area contributed by atoms with Crippen LogP contribution in [0.1, 0.15) is 5.69 Å². The van der Waals surface area contributed by atoms with Gasteiger partial charge in [0.25, 0.3) is 0 Å². The van der Waals surface area contributed by atoms with Crippen molar-refractivity contribution >= 4 is 17.5 Å². The SMILES string of the molecule is Cc1cc(NC(=O)C2CN(c3cc(-n4cccn4)ncn3)C2)[nH]n1. The highest BCUT2D eigenvalue weighted by Crippen LogP contribution is 2.24. The number of anilines is 2. The summed E-state index contributed by atoms with van der Waals surface area (Å²) in [5.41, 5.74) is 0.840. The Morgan fingerprint density at radius 2 is 2.12 bits per heavy atom. The number of carbonyl (C=O) groups excluding carboxylic acids is 1. The molecule has 0 aliphatic carbocycles. The molecule has 1 aliphatic heterocycles. The summed E-state index contributed by atoms with van der Waals surface area (Å²) in [6.45, 7) is 3.10. The highest BCUT2D eigenvalue weighted by atomic mass is 16.2. The Balaban J connectivity index is 1.39. The summed E-state index contributed by atoms with van der Waals surface area (Å²) in [4.78, 5) is 22.7. The van der Waals surface area contributed by atoms with Crippen LogP contribution >= 0.6 is 0 Å². The Kier molecular flexibility index (Phi) is 3.45. The average molecular weight is 324 g/mol. The highest BCUT2D eigenvalue weighted by Gasteiger charge is 2.34. The van der Waals surface area contributed by atoms with Gasteiger partial charge in [0.1, 0.15) is 18.0 Å². The van der Waals surface area contributed by atoms with Crippen molar-refractivity contribution < 1.29 is 4.79 Å². The Labute approximate surface area is 137 Å². The van der Waals surface area contributed by atoms with Gasteiger partial charge in [0.2, 0.25) is 5.91 Å². The normalized spacial score (nSPS) is 14.5. The second-order valence-corrected chi connectivity index (χ2v) is 5.70. The van der Waals surface area contributed by atoms with Crippen molar-refractivity contribution in [1.29, 1.82) is 0 Å². The van der Waals surface area contributed by atoms with Gasteiger partial charge in [-0.15, -0.1) is 0 Å². The number of nitrogens with zero attached hydrogens (tertiary/aromatic N) is 6. The van der Waals surface area contributed by atoms with Gasteiger partial charge >= 0.3 is 0 Å². The van der Waals surface area contributed by atoms with Crippen molar-refractivity contribution in [2.75, 3.05) is 23.3 Å². The van der Waals surface area contributed by atoms with E-state index in [0.29, 0.717) is 24.7 Å². The second-order valence-electron chi connectivity index (χ2n) is 5.70. The number of carbonyl (C=O) groups is 1. The molecule has 3 aromatic heterocycles. The number of amides is 1. The summed E-state index contributed by atoms with van der Waals surface area (Å²) in [6.07, 6.45) is 5.03. The first-order chi connectivity index (χ1) is 11.7. The van der Waals surface area contributed by atoms with Gasteiger partial charge in [0, 0.05) is 37.6 Å². The molecule has 3 aromatic rings. The molecule has 24 heavy (non-hydrogen) atoms. The van der Waals surface area contributed by atoms with Gasteiger partial charge in [-0.1, -0.05) is 0 Å². The van der Waals surface area contributed by atoms with Crippen LogP contribution in [0.4, 0.5) is 11.6 Å². The lowest BCUT2D eigenvalue weighted by Gasteiger charge is -2.38. The summed E-state index contributed by atoms with van der Waals surface area (Å²) >= 11 is 0. The molecule has 0 aromatic carbocycles. The molecular formula is C15H16N8O. The topological polar surface area (TPSA) is 105 Å². The molecule has 4 rings (SSSR count). The van der Waals surface area contributed by atoms with Gasteiger partial charge in [0.15, 0.2) is 5.82 Å². The number of aromatic nitrogens is 6. The summed E-state index contributed by atoms with van der Waals surface area (Å²) in [7, 11) is 0. The molecule has 9 nitrogen and oxygen atoms in total. The third kappa shape index (κ3) is 2.71. The van der Waals surface area contributed by atoms with E-state index in [1.807, 2.05) is 30.2 Å². The van der Waals surface area contributed by atoms with Crippen LogP contribution in [0.5, 0.6) is 0 Å². The molecule has 1 fully saturated rings. The largest absolute Gasteiger partial charge is 0.355 e. The van der Waals surface area contributed by atoms with E-state index in [2.05, 4.69) is 30.6 Å². The standard InChI is InChI=1S/C15H16N8O/c1-10-5-12(21-20-10)19-15(24)11-7-22(8-11)13-6-14(17-9-16-13)23-4-2-3-18-23/h2-6,9,11H,7-8H2,1H3,(H2,19,20,21,24). The Morgan fingerprint density at radius 1 is 1.29 bits per heavy atom. The molecule has 0 atom stereocenters. The summed E-state index contributed by atoms with van der Waals surface area (Å²) in [6, 6.07) is 5.50. The van der Waals surface area contributed by atoms with Gasteiger partial charge in [0.05, 0.1) is 11.6 Å². The van der Waals surface area contributed by atoms with Crippen molar-refractivity contribution in [2.45, 2.75) is 6.92 Å². The third-order valence-corrected chi connectivity index (χ3v) is 3.92. The van der Waals surface area contributed by atoms with Crippen molar-refractivity contribution in [3.63, 3.8) is 0 Å². The Morgan fingerprint density at radius 3 is 2.83 bits per heavy atom. The lowest BCUT2D eigenvalue weighted by Crippen LogP contribution is -2.52. The number of H-pyrrole nitrogens is 1. The zero-order valence-electron chi connectivity index (χ0n) is 13.0. The fraction of sp³-hybridized carbons (Fsp3) is 0.267. The number of hydrogen-bond acceptors (Lipinski definition) is 6. The van der Waals surface area contributed by atoms with Crippen LogP contribution < -0.4 is 10.2 Å². The maximum atomic E-state index is 12.2. The van der Waals surface area contributed by atoms with E-state index in [1.165, 1.54) is 6.33 Å². The first kappa shape index (κ1) is 14.4. The van der Waals surface area contributed by atoms with Crippen LogP contribution in [0.2, 0.25) is 0 Å². The molecule has 2 N–H and O–H groups in total. The molecule has 0 bridgehead atoms. The quantitative estimate of drug-likeness (QED) is 0.734. The molecule has 122 valence electrons. The maximum absolute atomic E-state index is 12.2. The summed E-state index contributed by atoms with van der Waals surface area (Å²) < 4.78 is 1.68. The van der Waals surface area contributed by atoms with Gasteiger partial charge in [-0.05, 0) is 13.0 Å². The van der Waals surface area contributed by atoms with Crippen molar-refractivity contribution in [3.05, 3.63) is 42.6 Å². The maximum Gasteiger partial charge on any atom is 0.232 e. The smallest absolute Gasteiger partial charge is 0.232 e. The molecule has 0 spiro atoms. The molecule has 4 heterocycles. The first-order valence-electron chi connectivity index (χ1n) is 7.59. The lowest BCUT2D eigenvalue weighted by atomic mass is 9.99. The minimum absolute atomic E-state index is 0.0174. The zero-order chi connectivity index (χ0) is 16.5. The molecule has 0 unspecified atom stereocenters. The minimum Gasteiger partial charge on any atom is -0.355 e. The van der Waals surface area contributed by atoms with Crippen LogP contribution in [0, 0.1) is 12.8 Å². The van der Waals surface area contributed by atoms with Gasteiger partial charge in [-0.25, -0.2) is 14.6 Å². The molecule has 1 aliphatic rings. The van der Waals surface area contributed by atoms with E-state index in [1.54, 1.807) is 16.9 Å². The van der Waals surface area contributed by atoms with Crippen molar-refractivity contribution in [1.82, 2.24) is 29.9 Å². The lowest BCUT2D eigenvalue weighted by molar-refractivity contribution is -0.120. The summed E-state index contributed by atoms with van der Waals surface area (Å²) in [5, 5.41) is 13.8. The predicted molar refractivity (Wildman–Crippen MR) is 86.8 cm³/mol. The van der Waals surface area contributed by atoms with Crippen LogP contribution in [0.25, 0.3) is 5.82 Å². The number of aromatic amines is 1. The number of nitrogens with one attached hydrogen (secondary N) is 2. The fourth-order valence-electron chi connectivity index (χ4n) is 2.59. The second kappa shape index (κ2) is 5.76. The van der Waals surface area contributed by atoms with Crippen molar-refractivity contribution in [2.24, 2.45) is 5.92 Å². The van der Waals surface area contributed by atoms with Gasteiger partial charge in [-0.3, -0.25) is 9.89 Å². The molecule has 1 amide bonds. The van der Waals surface area contributed by atoms with Crippen LogP contribution in [-0.4, -0.2) is 48.9 Å². The molecule has 0 saturated carbocycles. The van der Waals surface area contributed by atoms with Gasteiger partial charge < -0.3 is 10.2 Å². The van der Waals surface area contributed by atoms with E-state index in [9.17, 15) is 4.79 Å². The van der Waals surface area contributed by atoms with E-state index >= 15 is 0 Å². The minimum atomic E-state index is -0.0725.